The Kier molecular flexibility index (Phi) is 1.36. The summed E-state index contributed by atoms with van der Waals surface area (Å²) in [5.41, 5.74) is 0.938. The minimum Gasteiger partial charge on any atom is -0.107 e. The van der Waals surface area contributed by atoms with Gasteiger partial charge >= 0.3 is 0 Å². The highest BCUT2D eigenvalue weighted by molar-refractivity contribution is 5.74. The number of aliphatic imine (C=N–C) groups is 1. The maximum Gasteiger partial charge on any atom is 0.167 e. The van der Waals surface area contributed by atoms with Crippen LogP contribution in [0.5, 0.6) is 0 Å². The minimum atomic E-state index is 0.938. The van der Waals surface area contributed by atoms with E-state index in [2.05, 4.69) is 17.8 Å². The number of hydrogen-bond acceptors (Lipinski definition) is 1. The van der Waals surface area contributed by atoms with E-state index in [9.17, 15) is 0 Å². The van der Waals surface area contributed by atoms with Crippen molar-refractivity contribution in [1.82, 2.24) is 0 Å². The van der Waals surface area contributed by atoms with Gasteiger partial charge in [0.15, 0.2) is 5.57 Å². The first-order valence-corrected chi connectivity index (χ1v) is 2.38. The van der Waals surface area contributed by atoms with Gasteiger partial charge in [-0.2, -0.15) is 0 Å². The normalized spacial score (nSPS) is 14.8. The van der Waals surface area contributed by atoms with Gasteiger partial charge < -0.3 is 0 Å². The molecule has 0 spiro atoms. The van der Waals surface area contributed by atoms with E-state index in [1.165, 1.54) is 0 Å². The van der Waals surface area contributed by atoms with Crippen molar-refractivity contribution < 1.29 is 0 Å². The summed E-state index contributed by atoms with van der Waals surface area (Å²) in [5.74, 6) is 0. The Balaban J connectivity index is 2.82. The maximum atomic E-state index is 3.76. The van der Waals surface area contributed by atoms with E-state index < -0.39 is 0 Å². The molecular weight excluding hydrogens is 98.1 g/mol. The lowest BCUT2D eigenvalue weighted by molar-refractivity contribution is 1.44. The molecule has 0 saturated carbocycles. The average molecular weight is 104 g/mol. The van der Waals surface area contributed by atoms with Gasteiger partial charge in [0, 0.05) is 18.2 Å². The molecule has 0 aromatic heterocycles. The van der Waals surface area contributed by atoms with Gasteiger partial charge in [-0.25, -0.2) is 0 Å². The van der Waals surface area contributed by atoms with Crippen LogP contribution in [0.25, 0.3) is 0 Å². The molecule has 0 radical (unpaired) electrons. The van der Waals surface area contributed by atoms with Gasteiger partial charge in [-0.15, -0.1) is 4.99 Å². The summed E-state index contributed by atoms with van der Waals surface area (Å²) in [6.07, 6.45) is 9.91. The van der Waals surface area contributed by atoms with Crippen LogP contribution in [0.4, 0.5) is 0 Å². The van der Waals surface area contributed by atoms with Crippen LogP contribution in [0.1, 0.15) is 0 Å². The van der Waals surface area contributed by atoms with E-state index in [1.54, 1.807) is 12.3 Å². The van der Waals surface area contributed by atoms with E-state index in [-0.39, 0.29) is 0 Å². The van der Waals surface area contributed by atoms with Crippen molar-refractivity contribution in [1.29, 1.82) is 0 Å². The van der Waals surface area contributed by atoms with Crippen LogP contribution >= 0.6 is 0 Å². The van der Waals surface area contributed by atoms with Crippen molar-refractivity contribution in [2.75, 3.05) is 0 Å². The Hall–Kier alpha value is -1.20. The summed E-state index contributed by atoms with van der Waals surface area (Å²) in [4.78, 5) is 3.76. The molecule has 0 aromatic rings. The first kappa shape index (κ1) is 4.95. The lowest BCUT2D eigenvalue weighted by Crippen LogP contribution is -1.76. The van der Waals surface area contributed by atoms with Crippen molar-refractivity contribution in [2.45, 2.75) is 0 Å². The third-order valence-corrected chi connectivity index (χ3v) is 0.850. The van der Waals surface area contributed by atoms with E-state index in [4.69, 9.17) is 0 Å². The van der Waals surface area contributed by atoms with Gasteiger partial charge in [0.05, 0.1) is 0 Å². The second-order valence-electron chi connectivity index (χ2n) is 1.41. The Morgan fingerprint density at radius 3 is 3.00 bits per heavy atom. The zero-order valence-electron chi connectivity index (χ0n) is 4.46. The zero-order chi connectivity index (χ0) is 5.82. The molecule has 38 valence electrons. The molecule has 0 aliphatic carbocycles. The van der Waals surface area contributed by atoms with Crippen molar-refractivity contribution in [2.24, 2.45) is 4.99 Å². The van der Waals surface area contributed by atoms with Crippen molar-refractivity contribution in [3.8, 4) is 0 Å². The summed E-state index contributed by atoms with van der Waals surface area (Å²) in [5, 5.41) is 0. The van der Waals surface area contributed by atoms with Crippen LogP contribution in [0.3, 0.4) is 0 Å². The van der Waals surface area contributed by atoms with Crippen LogP contribution in [0, 0.1) is 6.20 Å². The lowest BCUT2D eigenvalue weighted by Gasteiger charge is -1.78. The summed E-state index contributed by atoms with van der Waals surface area (Å²) in [7, 11) is 0. The van der Waals surface area contributed by atoms with E-state index in [0.29, 0.717) is 0 Å². The van der Waals surface area contributed by atoms with Crippen molar-refractivity contribution >= 4 is 6.21 Å². The van der Waals surface area contributed by atoms with Gasteiger partial charge in [-0.3, -0.25) is 0 Å². The standard InChI is InChI=1S/C7H6N/c1-2-7-4-3-5-8-6-7/h2-5H,1H2/q+1. The third kappa shape index (κ3) is 0.895. The molecule has 0 aromatic carbocycles. The SMILES string of the molecule is C=CC1=[C+]N=CC=C1. The van der Waals surface area contributed by atoms with E-state index >= 15 is 0 Å². The predicted molar refractivity (Wildman–Crippen MR) is 34.6 cm³/mol. The minimum absolute atomic E-state index is 0.938. The number of nitrogens with zero attached hydrogens (tertiary/aromatic N) is 1. The van der Waals surface area contributed by atoms with E-state index in [0.717, 1.165) is 5.57 Å². The largest absolute Gasteiger partial charge is 0.167 e. The summed E-state index contributed by atoms with van der Waals surface area (Å²) >= 11 is 0. The maximum absolute atomic E-state index is 3.76. The van der Waals surface area contributed by atoms with Gasteiger partial charge in [0.1, 0.15) is 12.4 Å². The fourth-order valence-corrected chi connectivity index (χ4v) is 0.452. The molecule has 1 nitrogen and oxygen atoms in total. The van der Waals surface area contributed by atoms with Crippen molar-refractivity contribution in [3.05, 3.63) is 36.6 Å². The first-order valence-electron chi connectivity index (χ1n) is 2.38. The van der Waals surface area contributed by atoms with Crippen LogP contribution in [-0.2, 0) is 0 Å². The first-order chi connectivity index (χ1) is 3.93. The molecule has 0 fully saturated rings. The molecule has 8 heavy (non-hydrogen) atoms. The second-order valence-corrected chi connectivity index (χ2v) is 1.41. The summed E-state index contributed by atoms with van der Waals surface area (Å²) in [6.45, 7) is 3.56. The molecule has 0 N–H and O–H groups in total. The Morgan fingerprint density at radius 2 is 2.62 bits per heavy atom. The molecule has 0 bridgehead atoms. The summed E-state index contributed by atoms with van der Waals surface area (Å²) < 4.78 is 0. The fraction of sp³-hybridized carbons (Fsp3) is 0. The lowest BCUT2D eigenvalue weighted by atomic mass is 10.2. The molecule has 1 rings (SSSR count). The average Bonchev–Trinajstić information content (AvgIpc) is 1.90. The molecule has 0 unspecified atom stereocenters. The monoisotopic (exact) mass is 104 g/mol. The molecule has 1 aliphatic heterocycles. The van der Waals surface area contributed by atoms with Gasteiger partial charge in [-0.05, 0) is 0 Å². The van der Waals surface area contributed by atoms with Crippen LogP contribution in [0.15, 0.2) is 35.4 Å². The molecule has 1 heterocycles. The van der Waals surface area contributed by atoms with Gasteiger partial charge in [-0.1, -0.05) is 6.58 Å². The summed E-state index contributed by atoms with van der Waals surface area (Å²) in [6, 6.07) is 0. The zero-order valence-corrected chi connectivity index (χ0v) is 4.46. The number of allylic oxidation sites excluding steroid dienone is 4. The molecule has 1 heteroatoms. The Labute approximate surface area is 48.7 Å². The third-order valence-electron chi connectivity index (χ3n) is 0.850. The Morgan fingerprint density at radius 1 is 1.75 bits per heavy atom. The second kappa shape index (κ2) is 2.20. The molecule has 0 amide bonds. The smallest absolute Gasteiger partial charge is 0.107 e. The van der Waals surface area contributed by atoms with Crippen molar-refractivity contribution in [3.63, 3.8) is 0 Å². The van der Waals surface area contributed by atoms with Gasteiger partial charge in [0.2, 0.25) is 0 Å². The number of rotatable bonds is 1. The molecule has 0 atom stereocenters. The fourth-order valence-electron chi connectivity index (χ4n) is 0.452. The van der Waals surface area contributed by atoms with Crippen LogP contribution < -0.4 is 0 Å². The molecular formula is C7H6N+. The van der Waals surface area contributed by atoms with Crippen LogP contribution in [0.2, 0.25) is 0 Å². The topological polar surface area (TPSA) is 12.4 Å². The molecule has 1 aliphatic rings. The predicted octanol–water partition coefficient (Wildman–Crippen LogP) is 1.50. The Bertz CT molecular complexity index is 173. The highest BCUT2D eigenvalue weighted by Gasteiger charge is 1.95. The van der Waals surface area contributed by atoms with E-state index in [1.807, 2.05) is 12.2 Å². The highest BCUT2D eigenvalue weighted by atomic mass is 14.7. The quantitative estimate of drug-likeness (QED) is 0.447. The number of hydrogen-bond donors (Lipinski definition) is 0. The van der Waals surface area contributed by atoms with Crippen LogP contribution in [-0.4, -0.2) is 6.21 Å². The highest BCUT2D eigenvalue weighted by Crippen LogP contribution is 1.99. The molecule has 0 saturated heterocycles. The van der Waals surface area contributed by atoms with Gasteiger partial charge in [0.25, 0.3) is 0 Å².